The zero-order valence-electron chi connectivity index (χ0n) is 18.8. The van der Waals surface area contributed by atoms with Gasteiger partial charge in [-0.25, -0.2) is 19.7 Å². The molecule has 170 valence electrons. The number of hydrogen-bond donors (Lipinski definition) is 3. The minimum Gasteiger partial charge on any atom is -0.444 e. The summed E-state index contributed by atoms with van der Waals surface area (Å²) in [4.78, 5) is 28.8. The van der Waals surface area contributed by atoms with Gasteiger partial charge >= 0.3 is 6.09 Å². The number of hydrogen-bond acceptors (Lipinski definition) is 8. The van der Waals surface area contributed by atoms with E-state index < -0.39 is 11.7 Å². The minimum absolute atomic E-state index is 0.234. The van der Waals surface area contributed by atoms with Crippen LogP contribution in [-0.2, 0) is 11.2 Å². The van der Waals surface area contributed by atoms with Gasteiger partial charge in [-0.15, -0.1) is 0 Å². The average molecular weight is 447 g/mol. The molecule has 0 fully saturated rings. The molecule has 2 aromatic heterocycles. The summed E-state index contributed by atoms with van der Waals surface area (Å²) < 4.78 is 5.25. The number of rotatable bonds is 6. The molecule has 9 nitrogen and oxygen atoms in total. The third-order valence-electron chi connectivity index (χ3n) is 4.15. The monoisotopic (exact) mass is 446 g/mol. The molecule has 1 aromatic carbocycles. The van der Waals surface area contributed by atoms with Crippen LogP contribution in [0.25, 0.3) is 11.4 Å². The van der Waals surface area contributed by atoms with Crippen molar-refractivity contribution in [2.24, 2.45) is 0 Å². The van der Waals surface area contributed by atoms with Crippen molar-refractivity contribution in [3.63, 3.8) is 0 Å². The fourth-order valence-corrected chi connectivity index (χ4v) is 2.82. The Hall–Kier alpha value is -4.03. The molecule has 9 heteroatoms. The van der Waals surface area contributed by atoms with Crippen LogP contribution in [-0.4, -0.2) is 49.9 Å². The van der Waals surface area contributed by atoms with Gasteiger partial charge in [-0.3, -0.25) is 0 Å². The van der Waals surface area contributed by atoms with E-state index in [1.54, 1.807) is 18.3 Å². The number of nitrogens with one attached hydrogen (secondary N) is 2. The molecular formula is C24H26N6O3. The lowest BCUT2D eigenvalue weighted by atomic mass is 10.1. The molecule has 33 heavy (non-hydrogen) atoms. The van der Waals surface area contributed by atoms with Crippen molar-refractivity contribution < 1.29 is 14.6 Å². The quantitative estimate of drug-likeness (QED) is 0.494. The molecule has 0 atom stereocenters. The van der Waals surface area contributed by atoms with Gasteiger partial charge in [0.15, 0.2) is 5.82 Å². The number of anilines is 2. The maximum absolute atomic E-state index is 11.8. The molecule has 0 spiro atoms. The van der Waals surface area contributed by atoms with Crippen LogP contribution in [0.3, 0.4) is 0 Å². The Balaban J connectivity index is 1.64. The Kier molecular flexibility index (Phi) is 7.89. The minimum atomic E-state index is -0.526. The Morgan fingerprint density at radius 3 is 2.79 bits per heavy atom. The molecule has 3 rings (SSSR count). The second-order valence-electron chi connectivity index (χ2n) is 8.03. The van der Waals surface area contributed by atoms with Crippen LogP contribution in [0.15, 0.2) is 48.9 Å². The Morgan fingerprint density at radius 2 is 2.00 bits per heavy atom. The van der Waals surface area contributed by atoms with E-state index in [0.717, 1.165) is 16.8 Å². The lowest BCUT2D eigenvalue weighted by Crippen LogP contribution is -2.33. The van der Waals surface area contributed by atoms with Crippen molar-refractivity contribution in [1.29, 1.82) is 0 Å². The average Bonchev–Trinajstić information content (AvgIpc) is 2.77. The van der Waals surface area contributed by atoms with E-state index in [4.69, 9.17) is 9.84 Å². The summed E-state index contributed by atoms with van der Waals surface area (Å²) in [6.45, 7) is 5.70. The summed E-state index contributed by atoms with van der Waals surface area (Å²) in [5, 5.41) is 14.8. The summed E-state index contributed by atoms with van der Waals surface area (Å²) in [5.41, 5.74) is 2.57. The number of alkyl carbamates (subject to hydrolysis) is 1. The van der Waals surface area contributed by atoms with E-state index in [1.165, 1.54) is 6.33 Å². The maximum Gasteiger partial charge on any atom is 0.407 e. The van der Waals surface area contributed by atoms with E-state index >= 15 is 0 Å². The highest BCUT2D eigenvalue weighted by Crippen LogP contribution is 2.19. The number of ether oxygens (including phenoxy) is 1. The van der Waals surface area contributed by atoms with Crippen LogP contribution in [0.2, 0.25) is 0 Å². The normalized spacial score (nSPS) is 10.7. The smallest absolute Gasteiger partial charge is 0.407 e. The molecule has 0 bridgehead atoms. The van der Waals surface area contributed by atoms with E-state index in [9.17, 15) is 4.79 Å². The summed E-state index contributed by atoms with van der Waals surface area (Å²) in [7, 11) is 0. The second-order valence-corrected chi connectivity index (χ2v) is 8.03. The van der Waals surface area contributed by atoms with Crippen molar-refractivity contribution in [2.75, 3.05) is 18.5 Å². The number of aromatic nitrogens is 4. The summed E-state index contributed by atoms with van der Waals surface area (Å²) in [6, 6.07) is 11.3. The van der Waals surface area contributed by atoms with Crippen molar-refractivity contribution in [1.82, 2.24) is 25.3 Å². The van der Waals surface area contributed by atoms with E-state index in [-0.39, 0.29) is 6.61 Å². The fraction of sp³-hybridized carbons (Fsp3) is 0.292. The zero-order chi connectivity index (χ0) is 23.7. The number of aliphatic hydroxyl groups is 1. The summed E-state index contributed by atoms with van der Waals surface area (Å²) in [5.74, 6) is 6.20. The van der Waals surface area contributed by atoms with E-state index in [0.29, 0.717) is 30.4 Å². The topological polar surface area (TPSA) is 122 Å². The highest BCUT2D eigenvalue weighted by atomic mass is 16.6. The van der Waals surface area contributed by atoms with Crippen LogP contribution in [0.4, 0.5) is 16.4 Å². The molecule has 0 radical (unpaired) electrons. The first-order valence-electron chi connectivity index (χ1n) is 10.4. The van der Waals surface area contributed by atoms with Crippen molar-refractivity contribution in [3.8, 4) is 23.2 Å². The van der Waals surface area contributed by atoms with Crippen LogP contribution in [0.1, 0.15) is 32.0 Å². The van der Waals surface area contributed by atoms with E-state index in [1.807, 2.05) is 45.0 Å². The molecule has 0 saturated heterocycles. The van der Waals surface area contributed by atoms with E-state index in [2.05, 4.69) is 42.4 Å². The predicted octanol–water partition coefficient (Wildman–Crippen LogP) is 3.09. The SMILES string of the molecule is CC(C)(C)OC(=O)NCCc1cccc(Nc2ncnc(-c3ccnc(C#CCO)c3)n2)c1. The molecule has 0 aliphatic heterocycles. The molecule has 0 unspecified atom stereocenters. The lowest BCUT2D eigenvalue weighted by molar-refractivity contribution is 0.0528. The number of pyridine rings is 1. The number of nitrogens with zero attached hydrogens (tertiary/aromatic N) is 4. The predicted molar refractivity (Wildman–Crippen MR) is 125 cm³/mol. The number of amides is 1. The maximum atomic E-state index is 11.8. The molecule has 1 amide bonds. The third-order valence-corrected chi connectivity index (χ3v) is 4.15. The molecule has 0 aliphatic rings. The van der Waals surface area contributed by atoms with Gasteiger partial charge in [0.2, 0.25) is 5.95 Å². The first kappa shape index (κ1) is 23.6. The molecule has 3 N–H and O–H groups in total. The largest absolute Gasteiger partial charge is 0.444 e. The summed E-state index contributed by atoms with van der Waals surface area (Å²) in [6.07, 6.45) is 3.25. The molecule has 0 aliphatic carbocycles. The number of carbonyl (C=O) groups excluding carboxylic acids is 1. The van der Waals surface area contributed by atoms with Crippen LogP contribution >= 0.6 is 0 Å². The molecular weight excluding hydrogens is 420 g/mol. The standard InChI is InChI=1S/C24H26N6O3/c1-24(2,3)33-23(32)26-11-9-17-6-4-7-20(14-17)29-22-28-16-27-21(30-22)18-10-12-25-19(15-18)8-5-13-31/h4,6-7,10,12,14-16,31H,9,11,13H2,1-3H3,(H,26,32)(H,27,28,29,30). The van der Waals surface area contributed by atoms with Gasteiger partial charge in [0.05, 0.1) is 0 Å². The first-order chi connectivity index (χ1) is 15.8. The van der Waals surface area contributed by atoms with Gasteiger partial charge in [0.25, 0.3) is 0 Å². The Labute approximate surface area is 192 Å². The number of aliphatic hydroxyl groups excluding tert-OH is 1. The lowest BCUT2D eigenvalue weighted by Gasteiger charge is -2.19. The summed E-state index contributed by atoms with van der Waals surface area (Å²) >= 11 is 0. The number of carbonyl (C=O) groups is 1. The van der Waals surface area contributed by atoms with Crippen LogP contribution in [0.5, 0.6) is 0 Å². The fourth-order valence-electron chi connectivity index (χ4n) is 2.82. The van der Waals surface area contributed by atoms with Crippen LogP contribution < -0.4 is 10.6 Å². The van der Waals surface area contributed by atoms with Gasteiger partial charge in [0.1, 0.15) is 24.2 Å². The van der Waals surface area contributed by atoms with Gasteiger partial charge < -0.3 is 20.5 Å². The van der Waals surface area contributed by atoms with Gasteiger partial charge in [-0.2, -0.15) is 4.98 Å². The third kappa shape index (κ3) is 7.87. The Bertz CT molecular complexity index is 1160. The van der Waals surface area contributed by atoms with Gasteiger partial charge in [-0.05, 0) is 62.9 Å². The first-order valence-corrected chi connectivity index (χ1v) is 10.4. The van der Waals surface area contributed by atoms with Gasteiger partial charge in [-0.1, -0.05) is 18.1 Å². The molecule has 3 aromatic rings. The Morgan fingerprint density at radius 1 is 1.15 bits per heavy atom. The van der Waals surface area contributed by atoms with Crippen molar-refractivity contribution in [3.05, 3.63) is 60.2 Å². The van der Waals surface area contributed by atoms with Crippen molar-refractivity contribution in [2.45, 2.75) is 32.8 Å². The number of benzene rings is 1. The van der Waals surface area contributed by atoms with Crippen molar-refractivity contribution >= 4 is 17.7 Å². The molecule has 0 saturated carbocycles. The highest BCUT2D eigenvalue weighted by Gasteiger charge is 2.15. The zero-order valence-corrected chi connectivity index (χ0v) is 18.8. The molecule has 2 heterocycles. The van der Waals surface area contributed by atoms with Gasteiger partial charge in [0, 0.05) is 24.0 Å². The highest BCUT2D eigenvalue weighted by molar-refractivity contribution is 5.67. The van der Waals surface area contributed by atoms with Crippen LogP contribution in [0, 0.1) is 11.8 Å². The second kappa shape index (κ2) is 11.0.